The fourth-order valence-electron chi connectivity index (χ4n) is 2.39. The van der Waals surface area contributed by atoms with Crippen LogP contribution in [-0.4, -0.2) is 32.7 Å². The van der Waals surface area contributed by atoms with Crippen molar-refractivity contribution in [2.75, 3.05) is 6.61 Å². The Morgan fingerprint density at radius 1 is 1.08 bits per heavy atom. The van der Waals surface area contributed by atoms with Crippen LogP contribution in [0.25, 0.3) is 5.69 Å². The largest absolute Gasteiger partial charge is 0.394 e. The lowest BCUT2D eigenvalue weighted by atomic mass is 10.1. The summed E-state index contributed by atoms with van der Waals surface area (Å²) in [4.78, 5) is 12.0. The second kappa shape index (κ2) is 8.07. The van der Waals surface area contributed by atoms with Gasteiger partial charge < -0.3 is 15.7 Å². The molecular weight excluding hydrogens is 318 g/mol. The molecule has 0 radical (unpaired) electrons. The number of nitrogens with zero attached hydrogens (tertiary/aromatic N) is 3. The third-order valence-corrected chi connectivity index (χ3v) is 3.68. The minimum atomic E-state index is -0.457. The van der Waals surface area contributed by atoms with Crippen LogP contribution in [0.3, 0.4) is 0 Å². The third kappa shape index (κ3) is 4.42. The number of rotatable bonds is 6. The number of benzene rings is 2. The van der Waals surface area contributed by atoms with Crippen LogP contribution in [0.4, 0.5) is 4.79 Å². The molecule has 0 saturated carbocycles. The summed E-state index contributed by atoms with van der Waals surface area (Å²) < 4.78 is 1.65. The van der Waals surface area contributed by atoms with E-state index in [-0.39, 0.29) is 19.2 Å². The van der Waals surface area contributed by atoms with Crippen molar-refractivity contribution in [3.63, 3.8) is 0 Å². The highest BCUT2D eigenvalue weighted by atomic mass is 16.3. The van der Waals surface area contributed by atoms with Gasteiger partial charge in [0.2, 0.25) is 0 Å². The second-order valence-electron chi connectivity index (χ2n) is 5.46. The standard InChI is InChI=1S/C18H19N5O2/c24-13-17(14-7-3-1-4-8-14)20-18(25)19-11-15-12-23(22-21-15)16-9-5-2-6-10-16/h1-10,12,17,24H,11,13H2,(H2,19,20,25). The van der Waals surface area contributed by atoms with E-state index in [1.54, 1.807) is 10.9 Å². The highest BCUT2D eigenvalue weighted by Crippen LogP contribution is 2.11. The molecule has 2 aromatic carbocycles. The molecule has 1 atom stereocenters. The van der Waals surface area contributed by atoms with Crippen LogP contribution in [0.2, 0.25) is 0 Å². The maximum absolute atomic E-state index is 12.0. The van der Waals surface area contributed by atoms with Gasteiger partial charge >= 0.3 is 6.03 Å². The molecule has 7 heteroatoms. The van der Waals surface area contributed by atoms with Crippen molar-refractivity contribution in [3.8, 4) is 5.69 Å². The van der Waals surface area contributed by atoms with E-state index in [9.17, 15) is 9.90 Å². The van der Waals surface area contributed by atoms with E-state index < -0.39 is 6.04 Å². The first-order valence-corrected chi connectivity index (χ1v) is 7.93. The Morgan fingerprint density at radius 3 is 2.44 bits per heavy atom. The molecule has 1 aromatic heterocycles. The lowest BCUT2D eigenvalue weighted by Gasteiger charge is -2.16. The summed E-state index contributed by atoms with van der Waals surface area (Å²) in [7, 11) is 0. The van der Waals surface area contributed by atoms with Gasteiger partial charge in [-0.15, -0.1) is 5.10 Å². The molecule has 1 heterocycles. The van der Waals surface area contributed by atoms with Gasteiger partial charge in [0, 0.05) is 0 Å². The van der Waals surface area contributed by atoms with Crippen molar-refractivity contribution in [1.29, 1.82) is 0 Å². The van der Waals surface area contributed by atoms with Gasteiger partial charge in [-0.3, -0.25) is 0 Å². The number of hydrogen-bond acceptors (Lipinski definition) is 4. The highest BCUT2D eigenvalue weighted by molar-refractivity contribution is 5.74. The fraction of sp³-hybridized carbons (Fsp3) is 0.167. The Hall–Kier alpha value is -3.19. The second-order valence-corrected chi connectivity index (χ2v) is 5.46. The normalized spacial score (nSPS) is 11.7. The minimum absolute atomic E-state index is 0.179. The van der Waals surface area contributed by atoms with Gasteiger partial charge in [-0.05, 0) is 17.7 Å². The van der Waals surface area contributed by atoms with E-state index in [0.29, 0.717) is 5.69 Å². The van der Waals surface area contributed by atoms with E-state index in [4.69, 9.17) is 0 Å². The van der Waals surface area contributed by atoms with Crippen molar-refractivity contribution in [1.82, 2.24) is 25.6 Å². The van der Waals surface area contributed by atoms with Crippen molar-refractivity contribution in [3.05, 3.63) is 78.1 Å². The van der Waals surface area contributed by atoms with Crippen LogP contribution >= 0.6 is 0 Å². The van der Waals surface area contributed by atoms with Crippen LogP contribution in [0, 0.1) is 0 Å². The molecule has 128 valence electrons. The minimum Gasteiger partial charge on any atom is -0.394 e. The Labute approximate surface area is 145 Å². The topological polar surface area (TPSA) is 92.1 Å². The quantitative estimate of drug-likeness (QED) is 0.639. The van der Waals surface area contributed by atoms with Gasteiger partial charge in [-0.25, -0.2) is 9.48 Å². The number of nitrogens with one attached hydrogen (secondary N) is 2. The van der Waals surface area contributed by atoms with Crippen LogP contribution in [0.15, 0.2) is 66.9 Å². The molecule has 3 aromatic rings. The molecule has 0 fully saturated rings. The lowest BCUT2D eigenvalue weighted by Crippen LogP contribution is -2.38. The molecule has 0 bridgehead atoms. The van der Waals surface area contributed by atoms with Gasteiger partial charge in [-0.2, -0.15) is 0 Å². The van der Waals surface area contributed by atoms with E-state index in [1.165, 1.54) is 0 Å². The van der Waals surface area contributed by atoms with Crippen molar-refractivity contribution in [2.24, 2.45) is 0 Å². The van der Waals surface area contributed by atoms with E-state index >= 15 is 0 Å². The van der Waals surface area contributed by atoms with Gasteiger partial charge in [0.05, 0.1) is 31.1 Å². The van der Waals surface area contributed by atoms with Crippen molar-refractivity contribution < 1.29 is 9.90 Å². The predicted octanol–water partition coefficient (Wildman–Crippen LogP) is 1.80. The number of amides is 2. The van der Waals surface area contributed by atoms with Crippen LogP contribution in [-0.2, 0) is 6.54 Å². The number of aliphatic hydroxyl groups is 1. The highest BCUT2D eigenvalue weighted by Gasteiger charge is 2.13. The maximum atomic E-state index is 12.0. The number of para-hydroxylation sites is 1. The lowest BCUT2D eigenvalue weighted by molar-refractivity contribution is 0.216. The number of carbonyl (C=O) groups is 1. The number of urea groups is 1. The van der Waals surface area contributed by atoms with Gasteiger partial charge in [0.1, 0.15) is 5.69 Å². The Bertz CT molecular complexity index is 805. The van der Waals surface area contributed by atoms with Crippen molar-refractivity contribution >= 4 is 6.03 Å². The fourth-order valence-corrected chi connectivity index (χ4v) is 2.39. The summed E-state index contributed by atoms with van der Waals surface area (Å²) in [6.45, 7) is 0.0627. The molecule has 7 nitrogen and oxygen atoms in total. The summed E-state index contributed by atoms with van der Waals surface area (Å²) in [6.07, 6.45) is 1.76. The first-order chi connectivity index (χ1) is 12.3. The van der Waals surface area contributed by atoms with Crippen LogP contribution in [0.1, 0.15) is 17.3 Å². The molecule has 0 aliphatic carbocycles. The van der Waals surface area contributed by atoms with E-state index in [2.05, 4.69) is 20.9 Å². The molecule has 0 aliphatic heterocycles. The Balaban J connectivity index is 1.55. The molecule has 0 aliphatic rings. The number of aromatic nitrogens is 3. The zero-order valence-corrected chi connectivity index (χ0v) is 13.5. The molecule has 3 N–H and O–H groups in total. The van der Waals surface area contributed by atoms with Gasteiger partial charge in [0.15, 0.2) is 0 Å². The zero-order valence-electron chi connectivity index (χ0n) is 13.5. The first-order valence-electron chi connectivity index (χ1n) is 7.93. The van der Waals surface area contributed by atoms with Crippen LogP contribution < -0.4 is 10.6 Å². The van der Waals surface area contributed by atoms with E-state index in [0.717, 1.165) is 11.3 Å². The van der Waals surface area contributed by atoms with E-state index in [1.807, 2.05) is 60.7 Å². The number of aliphatic hydroxyl groups excluding tert-OH is 1. The molecular formula is C18H19N5O2. The summed E-state index contributed by atoms with van der Waals surface area (Å²) in [6, 6.07) is 18.1. The van der Waals surface area contributed by atoms with Crippen LogP contribution in [0.5, 0.6) is 0 Å². The monoisotopic (exact) mass is 337 g/mol. The van der Waals surface area contributed by atoms with Gasteiger partial charge in [-0.1, -0.05) is 53.7 Å². The molecule has 3 rings (SSSR count). The molecule has 1 unspecified atom stereocenters. The summed E-state index contributed by atoms with van der Waals surface area (Å²) in [5.41, 5.74) is 2.38. The zero-order chi connectivity index (χ0) is 17.5. The number of carbonyl (C=O) groups excluding carboxylic acids is 1. The van der Waals surface area contributed by atoms with Crippen molar-refractivity contribution in [2.45, 2.75) is 12.6 Å². The maximum Gasteiger partial charge on any atom is 0.315 e. The smallest absolute Gasteiger partial charge is 0.315 e. The molecule has 0 spiro atoms. The predicted molar refractivity (Wildman–Crippen MR) is 93.0 cm³/mol. The average molecular weight is 337 g/mol. The summed E-state index contributed by atoms with van der Waals surface area (Å²) in [5.74, 6) is 0. The number of hydrogen-bond donors (Lipinski definition) is 3. The molecule has 25 heavy (non-hydrogen) atoms. The SMILES string of the molecule is O=C(NCc1cn(-c2ccccc2)nn1)NC(CO)c1ccccc1. The average Bonchev–Trinajstić information content (AvgIpc) is 3.15. The third-order valence-electron chi connectivity index (χ3n) is 3.68. The summed E-state index contributed by atoms with van der Waals surface area (Å²) >= 11 is 0. The Kier molecular flexibility index (Phi) is 5.38. The first kappa shape index (κ1) is 16.7. The molecule has 0 saturated heterocycles. The van der Waals surface area contributed by atoms with Gasteiger partial charge in [0.25, 0.3) is 0 Å². The summed E-state index contributed by atoms with van der Waals surface area (Å²) in [5, 5.41) is 23.0. The molecule has 2 amide bonds. The Morgan fingerprint density at radius 2 is 1.76 bits per heavy atom.